The molecule has 0 aliphatic heterocycles. The number of carbonyl (C=O) groups excluding carboxylic acids is 1. The molecule has 1 unspecified atom stereocenters. The number of rotatable bonds is 4. The lowest BCUT2D eigenvalue weighted by molar-refractivity contribution is -0.122. The summed E-state index contributed by atoms with van der Waals surface area (Å²) in [4.78, 5) is 12.3. The Morgan fingerprint density at radius 2 is 1.61 bits per heavy atom. The van der Waals surface area contributed by atoms with Crippen LogP contribution >= 0.6 is 0 Å². The van der Waals surface area contributed by atoms with Crippen molar-refractivity contribution in [1.29, 1.82) is 0 Å². The minimum Gasteiger partial charge on any atom is -0.480 e. The summed E-state index contributed by atoms with van der Waals surface area (Å²) in [7, 11) is 0. The summed E-state index contributed by atoms with van der Waals surface area (Å²) < 4.78 is 5.90. The summed E-state index contributed by atoms with van der Waals surface area (Å²) in [5.74, 6) is 0.558. The van der Waals surface area contributed by atoms with Crippen LogP contribution in [0.5, 0.6) is 5.75 Å². The first-order chi connectivity index (χ1) is 11.1. The second-order valence-electron chi connectivity index (χ2n) is 5.54. The highest BCUT2D eigenvalue weighted by molar-refractivity contribution is 5.95. The molecule has 0 saturated carbocycles. The van der Waals surface area contributed by atoms with Crippen molar-refractivity contribution in [3.63, 3.8) is 0 Å². The maximum absolute atomic E-state index is 12.3. The minimum absolute atomic E-state index is 0.166. The Bertz CT molecular complexity index is 827. The smallest absolute Gasteiger partial charge is 0.265 e. The van der Waals surface area contributed by atoms with Crippen LogP contribution in [0.2, 0.25) is 0 Å². The molecule has 1 N–H and O–H groups in total. The van der Waals surface area contributed by atoms with Gasteiger partial charge in [0.2, 0.25) is 0 Å². The highest BCUT2D eigenvalue weighted by Crippen LogP contribution is 2.28. The third kappa shape index (κ3) is 3.34. The quantitative estimate of drug-likeness (QED) is 0.767. The molecule has 0 saturated heterocycles. The van der Waals surface area contributed by atoms with Crippen molar-refractivity contribution < 1.29 is 9.53 Å². The molecule has 0 bridgehead atoms. The van der Waals surface area contributed by atoms with Crippen molar-refractivity contribution in [1.82, 2.24) is 0 Å². The van der Waals surface area contributed by atoms with Gasteiger partial charge in [-0.15, -0.1) is 0 Å². The standard InChI is InChI=1S/C20H19NO2/c1-14-8-6-12-18-17(14)11-7-13-19(18)23-15(2)20(22)21-16-9-4-3-5-10-16/h3-13,15H,1-2H3,(H,21,22). The molecule has 3 rings (SSSR count). The molecular weight excluding hydrogens is 286 g/mol. The van der Waals surface area contributed by atoms with E-state index in [4.69, 9.17) is 4.74 Å². The Hall–Kier alpha value is -2.81. The average molecular weight is 305 g/mol. The Balaban J connectivity index is 1.79. The SMILES string of the molecule is Cc1cccc2c(OC(C)C(=O)Nc3ccccc3)cccc12. The monoisotopic (exact) mass is 305 g/mol. The number of ether oxygens (including phenoxy) is 1. The first kappa shape index (κ1) is 15.1. The maximum atomic E-state index is 12.3. The Morgan fingerprint density at radius 1 is 0.913 bits per heavy atom. The van der Waals surface area contributed by atoms with E-state index in [1.807, 2.05) is 54.6 Å². The van der Waals surface area contributed by atoms with E-state index in [1.165, 1.54) is 5.56 Å². The van der Waals surface area contributed by atoms with Gasteiger partial charge >= 0.3 is 0 Å². The topological polar surface area (TPSA) is 38.3 Å². The van der Waals surface area contributed by atoms with Crippen molar-refractivity contribution >= 4 is 22.4 Å². The predicted molar refractivity (Wildman–Crippen MR) is 93.8 cm³/mol. The number of fused-ring (bicyclic) bond motifs is 1. The van der Waals surface area contributed by atoms with Gasteiger partial charge in [-0.25, -0.2) is 0 Å². The van der Waals surface area contributed by atoms with Crippen LogP contribution in [0.25, 0.3) is 10.8 Å². The van der Waals surface area contributed by atoms with Gasteiger partial charge < -0.3 is 10.1 Å². The van der Waals surface area contributed by atoms with Crippen LogP contribution in [-0.4, -0.2) is 12.0 Å². The fourth-order valence-electron chi connectivity index (χ4n) is 2.55. The molecular formula is C20H19NO2. The van der Waals surface area contributed by atoms with E-state index in [9.17, 15) is 4.79 Å². The van der Waals surface area contributed by atoms with Gasteiger partial charge in [0.25, 0.3) is 5.91 Å². The molecule has 0 aliphatic rings. The van der Waals surface area contributed by atoms with Crippen LogP contribution in [0, 0.1) is 6.92 Å². The van der Waals surface area contributed by atoms with Crippen molar-refractivity contribution in [3.05, 3.63) is 72.3 Å². The number of benzene rings is 3. The van der Waals surface area contributed by atoms with Gasteiger partial charge in [0.05, 0.1) is 0 Å². The predicted octanol–water partition coefficient (Wildman–Crippen LogP) is 4.55. The van der Waals surface area contributed by atoms with Crippen LogP contribution in [-0.2, 0) is 4.79 Å². The summed E-state index contributed by atoms with van der Waals surface area (Å²) in [5.41, 5.74) is 1.95. The third-order valence-electron chi connectivity index (χ3n) is 3.81. The van der Waals surface area contributed by atoms with Crippen molar-refractivity contribution in [2.45, 2.75) is 20.0 Å². The van der Waals surface area contributed by atoms with Crippen LogP contribution in [0.1, 0.15) is 12.5 Å². The molecule has 0 spiro atoms. The highest BCUT2D eigenvalue weighted by Gasteiger charge is 2.16. The second kappa shape index (κ2) is 6.53. The van der Waals surface area contributed by atoms with Crippen LogP contribution < -0.4 is 10.1 Å². The summed E-state index contributed by atoms with van der Waals surface area (Å²) in [6.07, 6.45) is -0.582. The first-order valence-corrected chi connectivity index (χ1v) is 7.66. The average Bonchev–Trinajstić information content (AvgIpc) is 2.56. The number of hydrogen-bond donors (Lipinski definition) is 1. The summed E-state index contributed by atoms with van der Waals surface area (Å²) in [6, 6.07) is 21.4. The molecule has 0 fully saturated rings. The van der Waals surface area contributed by atoms with E-state index in [0.717, 1.165) is 22.2 Å². The normalized spacial score (nSPS) is 11.9. The Morgan fingerprint density at radius 3 is 2.39 bits per heavy atom. The zero-order chi connectivity index (χ0) is 16.2. The van der Waals surface area contributed by atoms with Gasteiger partial charge in [-0.1, -0.05) is 48.5 Å². The third-order valence-corrected chi connectivity index (χ3v) is 3.81. The van der Waals surface area contributed by atoms with Gasteiger partial charge in [0.1, 0.15) is 5.75 Å². The molecule has 1 amide bonds. The molecule has 0 aliphatic carbocycles. The van der Waals surface area contributed by atoms with E-state index < -0.39 is 6.10 Å². The summed E-state index contributed by atoms with van der Waals surface area (Å²) >= 11 is 0. The fourth-order valence-corrected chi connectivity index (χ4v) is 2.55. The van der Waals surface area contributed by atoms with Gasteiger partial charge in [0, 0.05) is 11.1 Å². The number of anilines is 1. The number of para-hydroxylation sites is 1. The molecule has 23 heavy (non-hydrogen) atoms. The van der Waals surface area contributed by atoms with Crippen molar-refractivity contribution in [2.24, 2.45) is 0 Å². The largest absolute Gasteiger partial charge is 0.480 e. The minimum atomic E-state index is -0.582. The molecule has 3 nitrogen and oxygen atoms in total. The van der Waals surface area contributed by atoms with Crippen LogP contribution in [0.4, 0.5) is 5.69 Å². The lowest BCUT2D eigenvalue weighted by atomic mass is 10.1. The Kier molecular flexibility index (Phi) is 4.29. The number of hydrogen-bond acceptors (Lipinski definition) is 2. The van der Waals surface area contributed by atoms with E-state index in [-0.39, 0.29) is 5.91 Å². The summed E-state index contributed by atoms with van der Waals surface area (Å²) in [6.45, 7) is 3.82. The number of amides is 1. The van der Waals surface area contributed by atoms with Gasteiger partial charge in [-0.3, -0.25) is 4.79 Å². The van der Waals surface area contributed by atoms with E-state index in [1.54, 1.807) is 6.92 Å². The maximum Gasteiger partial charge on any atom is 0.265 e. The molecule has 3 aromatic carbocycles. The lowest BCUT2D eigenvalue weighted by Crippen LogP contribution is -2.30. The van der Waals surface area contributed by atoms with E-state index >= 15 is 0 Å². The number of aryl methyl sites for hydroxylation is 1. The summed E-state index contributed by atoms with van der Waals surface area (Å²) in [5, 5.41) is 5.02. The number of nitrogens with one attached hydrogen (secondary N) is 1. The molecule has 116 valence electrons. The molecule has 0 heterocycles. The highest BCUT2D eigenvalue weighted by atomic mass is 16.5. The molecule has 3 heteroatoms. The Labute approximate surface area is 135 Å². The molecule has 0 radical (unpaired) electrons. The molecule has 3 aromatic rings. The molecule has 0 aromatic heterocycles. The second-order valence-corrected chi connectivity index (χ2v) is 5.54. The van der Waals surface area contributed by atoms with Gasteiger partial charge in [0.15, 0.2) is 6.10 Å². The van der Waals surface area contributed by atoms with Crippen LogP contribution in [0.3, 0.4) is 0 Å². The fraction of sp³-hybridized carbons (Fsp3) is 0.150. The van der Waals surface area contributed by atoms with Gasteiger partial charge in [-0.2, -0.15) is 0 Å². The van der Waals surface area contributed by atoms with Crippen molar-refractivity contribution in [3.8, 4) is 5.75 Å². The van der Waals surface area contributed by atoms with E-state index in [2.05, 4.69) is 24.4 Å². The molecule has 1 atom stereocenters. The van der Waals surface area contributed by atoms with Crippen molar-refractivity contribution in [2.75, 3.05) is 5.32 Å². The van der Waals surface area contributed by atoms with Crippen LogP contribution in [0.15, 0.2) is 66.7 Å². The zero-order valence-electron chi connectivity index (χ0n) is 13.2. The van der Waals surface area contributed by atoms with Gasteiger partial charge in [-0.05, 0) is 43.0 Å². The lowest BCUT2D eigenvalue weighted by Gasteiger charge is -2.16. The van der Waals surface area contributed by atoms with E-state index in [0.29, 0.717) is 0 Å². The number of carbonyl (C=O) groups is 1. The first-order valence-electron chi connectivity index (χ1n) is 7.66. The zero-order valence-corrected chi connectivity index (χ0v) is 13.2.